The normalized spacial score (nSPS) is 11.7. The molecule has 7 aromatic rings. The molecule has 0 fully saturated rings. The van der Waals surface area contributed by atoms with Crippen LogP contribution >= 0.6 is 19.9 Å². The van der Waals surface area contributed by atoms with Gasteiger partial charge >= 0.3 is 19.9 Å². The number of aldehydes is 4. The van der Waals surface area contributed by atoms with Gasteiger partial charge in [0.25, 0.3) is 0 Å². The van der Waals surface area contributed by atoms with Crippen molar-refractivity contribution in [2.75, 3.05) is 28.3 Å². The molecule has 0 saturated heterocycles. The van der Waals surface area contributed by atoms with Crippen LogP contribution in [0.3, 0.4) is 0 Å². The molecule has 376 valence electrons. The van der Waals surface area contributed by atoms with Crippen molar-refractivity contribution in [3.8, 4) is 40.2 Å². The zero-order valence-electron chi connectivity index (χ0n) is 40.0. The number of hydrogen-bond donors (Lipinski definition) is 0. The van der Waals surface area contributed by atoms with Crippen LogP contribution in [0.4, 0.5) is 0 Å². The highest BCUT2D eigenvalue weighted by Crippen LogP contribution is 2.55. The van der Waals surface area contributed by atoms with E-state index in [1.807, 2.05) is 93.9 Å². The Morgan fingerprint density at radius 3 is 0.685 bits per heavy atom. The van der Waals surface area contributed by atoms with Gasteiger partial charge in [-0.25, -0.2) is 14.0 Å². The summed E-state index contributed by atoms with van der Waals surface area (Å²) >= 11 is 18.6. The van der Waals surface area contributed by atoms with E-state index in [9.17, 15) is 19.2 Å². The minimum absolute atomic E-state index is 0.315. The number of carbonyl (C=O) groups excluding carboxylic acids is 4. The molecule has 7 aromatic carbocycles. The smallest absolute Gasteiger partial charge is 0.368 e. The number of methoxy groups -OCH3 is 1. The number of hydrogen-bond acceptors (Lipinski definition) is 14. The first-order chi connectivity index (χ1) is 35.1. The molecule has 0 radical (unpaired) electrons. The average molecular weight is 1090 g/mol. The Morgan fingerprint density at radius 2 is 0.507 bits per heavy atom. The van der Waals surface area contributed by atoms with Gasteiger partial charge in [-0.05, 0) is 171 Å². The van der Waals surface area contributed by atoms with Crippen molar-refractivity contribution < 1.29 is 51.1 Å². The molecule has 0 saturated carbocycles. The van der Waals surface area contributed by atoms with Gasteiger partial charge < -0.3 is 31.9 Å². The van der Waals surface area contributed by atoms with Crippen LogP contribution < -0.4 is 31.9 Å². The maximum atomic E-state index is 11.3. The molecule has 7 rings (SSSR count). The first-order valence-corrected chi connectivity index (χ1v) is 30.1. The third-order valence-corrected chi connectivity index (χ3v) is 20.3. The Balaban J connectivity index is 1.09. The minimum atomic E-state index is -3.33. The van der Waals surface area contributed by atoms with Gasteiger partial charge in [-0.3, -0.25) is 19.2 Å². The molecule has 0 N–H and O–H groups in total. The SMILES string of the molecule is COc1ccc(CN(C)P(=S)(Oc2ccc(CN(C)P(=S)(Oc3ccc(C=O)cc3)Oc3ccc(C=O)cc3)cc2)Oc2ccc(CN(C)P(=S)(Oc3ccc(C=O)cc3)Oc3ccc(C=O)cc3)cc2)cc1. The number of carbonyl (C=O) groups is 4. The standard InChI is InChI=1S/C53H50N3O11P3S3/c1-54(33-40-5-19-47(61-4)20-6-40)68(71,62-48-21-7-41(8-22-48)34-55(2)69(72,64-50-25-11-43(36-57)12-26-50)65-51-27-13-44(37-58)14-28-51)63-49-23-9-42(10-24-49)35-56(3)70(73,66-52-29-15-45(38-59)16-30-52)67-53-31-17-46(39-60)18-32-53/h5-32,36-39H,33-35H2,1-4H3. The van der Waals surface area contributed by atoms with Crippen molar-refractivity contribution in [3.63, 3.8) is 0 Å². The first kappa shape index (κ1) is 54.4. The number of benzene rings is 7. The van der Waals surface area contributed by atoms with Crippen molar-refractivity contribution >= 4 is 80.5 Å². The largest absolute Gasteiger partial charge is 0.497 e. The Morgan fingerprint density at radius 1 is 0.329 bits per heavy atom. The zero-order valence-corrected chi connectivity index (χ0v) is 45.1. The summed E-state index contributed by atoms with van der Waals surface area (Å²) < 4.78 is 49.8. The lowest BCUT2D eigenvalue weighted by Crippen LogP contribution is -2.22. The average Bonchev–Trinajstić information content (AvgIpc) is 3.40. The molecule has 0 heterocycles. The van der Waals surface area contributed by atoms with Crippen LogP contribution in [0, 0.1) is 0 Å². The molecule has 0 aliphatic rings. The fourth-order valence-electron chi connectivity index (χ4n) is 6.80. The number of nitrogens with zero attached hydrogens (tertiary/aromatic N) is 3. The molecule has 20 heteroatoms. The Hall–Kier alpha value is -6.35. The predicted molar refractivity (Wildman–Crippen MR) is 294 cm³/mol. The third-order valence-electron chi connectivity index (χ3n) is 10.9. The van der Waals surface area contributed by atoms with E-state index in [-0.39, 0.29) is 0 Å². The molecule has 0 aromatic heterocycles. The second-order valence-corrected chi connectivity index (χ2v) is 26.4. The fourth-order valence-corrected chi connectivity index (χ4v) is 13.2. The summed E-state index contributed by atoms with van der Waals surface area (Å²) in [5.74, 6) is 3.37. The summed E-state index contributed by atoms with van der Waals surface area (Å²) in [6.07, 6.45) is 2.98. The molecular weight excluding hydrogens is 1040 g/mol. The van der Waals surface area contributed by atoms with E-state index < -0.39 is 19.9 Å². The van der Waals surface area contributed by atoms with Gasteiger partial charge in [-0.15, -0.1) is 0 Å². The summed E-state index contributed by atoms with van der Waals surface area (Å²) in [6.45, 7) is -8.87. The van der Waals surface area contributed by atoms with Crippen LogP contribution in [0.25, 0.3) is 0 Å². The van der Waals surface area contributed by atoms with E-state index in [0.717, 1.165) is 47.6 Å². The summed E-state index contributed by atoms with van der Waals surface area (Å²) in [7, 11) is 7.08. The second kappa shape index (κ2) is 25.1. The van der Waals surface area contributed by atoms with Crippen molar-refractivity contribution in [3.05, 3.63) is 209 Å². The van der Waals surface area contributed by atoms with Gasteiger partial charge in [0.15, 0.2) is 0 Å². The van der Waals surface area contributed by atoms with E-state index in [1.54, 1.807) is 118 Å². The quantitative estimate of drug-likeness (QED) is 0.0374. The Labute approximate surface area is 440 Å². The summed E-state index contributed by atoms with van der Waals surface area (Å²) in [4.78, 5) is 45.3. The maximum Gasteiger partial charge on any atom is 0.368 e. The highest BCUT2D eigenvalue weighted by atomic mass is 32.5. The van der Waals surface area contributed by atoms with Crippen molar-refractivity contribution in [1.82, 2.24) is 14.0 Å². The highest BCUT2D eigenvalue weighted by Gasteiger charge is 2.33. The molecule has 0 amide bonds. The van der Waals surface area contributed by atoms with E-state index in [0.29, 0.717) is 76.4 Å². The van der Waals surface area contributed by atoms with Crippen LogP contribution in [-0.2, 0) is 55.1 Å². The predicted octanol–water partition coefficient (Wildman–Crippen LogP) is 12.4. The summed E-state index contributed by atoms with van der Waals surface area (Å²) in [5, 5.41) is 0. The molecule has 0 spiro atoms. The molecule has 0 atom stereocenters. The molecule has 0 aliphatic heterocycles. The van der Waals surface area contributed by atoms with Crippen LogP contribution in [0.15, 0.2) is 170 Å². The van der Waals surface area contributed by atoms with E-state index >= 15 is 0 Å². The van der Waals surface area contributed by atoms with Crippen molar-refractivity contribution in [2.24, 2.45) is 0 Å². The molecular formula is C53H50N3O11P3S3. The lowest BCUT2D eigenvalue weighted by Gasteiger charge is -2.32. The van der Waals surface area contributed by atoms with Gasteiger partial charge in [0.1, 0.15) is 65.4 Å². The highest BCUT2D eigenvalue weighted by molar-refractivity contribution is 8.09. The van der Waals surface area contributed by atoms with Crippen LogP contribution in [0.2, 0.25) is 0 Å². The van der Waals surface area contributed by atoms with Crippen molar-refractivity contribution in [2.45, 2.75) is 19.6 Å². The second-order valence-electron chi connectivity index (χ2n) is 16.3. The third kappa shape index (κ3) is 14.9. The molecule has 0 unspecified atom stereocenters. The van der Waals surface area contributed by atoms with Crippen LogP contribution in [0.1, 0.15) is 58.1 Å². The van der Waals surface area contributed by atoms with Gasteiger partial charge in [-0.2, -0.15) is 0 Å². The first-order valence-electron chi connectivity index (χ1n) is 22.3. The lowest BCUT2D eigenvalue weighted by molar-refractivity contribution is 0.111. The molecule has 0 bridgehead atoms. The topological polar surface area (TPSA) is 143 Å². The zero-order chi connectivity index (χ0) is 52.0. The van der Waals surface area contributed by atoms with Crippen LogP contribution in [0.5, 0.6) is 40.2 Å². The minimum Gasteiger partial charge on any atom is -0.497 e. The van der Waals surface area contributed by atoms with E-state index in [1.165, 1.54) is 0 Å². The maximum absolute atomic E-state index is 11.3. The molecule has 73 heavy (non-hydrogen) atoms. The van der Waals surface area contributed by atoms with Gasteiger partial charge in [-0.1, -0.05) is 36.4 Å². The van der Waals surface area contributed by atoms with E-state index in [2.05, 4.69) is 0 Å². The fraction of sp³-hybridized carbons (Fsp3) is 0.132. The monoisotopic (exact) mass is 1090 g/mol. The van der Waals surface area contributed by atoms with E-state index in [4.69, 9.17) is 67.3 Å². The number of ether oxygens (including phenoxy) is 1. The van der Waals surface area contributed by atoms with Crippen LogP contribution in [-0.4, -0.2) is 67.4 Å². The van der Waals surface area contributed by atoms with Crippen molar-refractivity contribution in [1.29, 1.82) is 0 Å². The van der Waals surface area contributed by atoms with Gasteiger partial charge in [0.05, 0.1) is 7.11 Å². The Bertz CT molecular complexity index is 2840. The summed E-state index contributed by atoms with van der Waals surface area (Å²) in [5.41, 5.74) is 4.62. The van der Waals surface area contributed by atoms with Gasteiger partial charge in [0, 0.05) is 77.3 Å². The lowest BCUT2D eigenvalue weighted by atomic mass is 10.2. The number of rotatable bonds is 26. The molecule has 0 aliphatic carbocycles. The van der Waals surface area contributed by atoms with Gasteiger partial charge in [0.2, 0.25) is 0 Å². The summed E-state index contributed by atoms with van der Waals surface area (Å²) in [6, 6.07) is 48.9. The Kier molecular flexibility index (Phi) is 18.7. The molecule has 14 nitrogen and oxygen atoms in total.